The molecule has 3 aromatic rings. The van der Waals surface area contributed by atoms with Gasteiger partial charge < -0.3 is 5.32 Å². The van der Waals surface area contributed by atoms with Gasteiger partial charge in [-0.3, -0.25) is 14.9 Å². The molecular formula is C21H16BrFN2O3. The van der Waals surface area contributed by atoms with Gasteiger partial charge in [-0.05, 0) is 54.1 Å². The fourth-order valence-electron chi connectivity index (χ4n) is 2.79. The van der Waals surface area contributed by atoms with E-state index in [0.717, 1.165) is 10.2 Å². The van der Waals surface area contributed by atoms with Gasteiger partial charge in [0.1, 0.15) is 5.82 Å². The van der Waals surface area contributed by atoms with Crippen molar-refractivity contribution in [2.45, 2.75) is 12.5 Å². The summed E-state index contributed by atoms with van der Waals surface area (Å²) in [6, 6.07) is 18.4. The molecule has 0 aliphatic carbocycles. The van der Waals surface area contributed by atoms with Gasteiger partial charge in [0.05, 0.1) is 11.0 Å². The van der Waals surface area contributed by atoms with Crippen LogP contribution in [0.15, 0.2) is 77.3 Å². The highest BCUT2D eigenvalue weighted by atomic mass is 79.9. The zero-order valence-electron chi connectivity index (χ0n) is 14.6. The summed E-state index contributed by atoms with van der Waals surface area (Å²) in [5, 5.41) is 14.4. The fraction of sp³-hybridized carbons (Fsp3) is 0.0952. The summed E-state index contributed by atoms with van der Waals surface area (Å²) < 4.78 is 14.0. The summed E-state index contributed by atoms with van der Waals surface area (Å²) in [6.07, 6.45) is 0.0584. The molecule has 5 nitrogen and oxygen atoms in total. The van der Waals surface area contributed by atoms with Crippen molar-refractivity contribution in [2.24, 2.45) is 0 Å². The second-order valence-corrected chi connectivity index (χ2v) is 7.11. The molecule has 1 atom stereocenters. The molecule has 28 heavy (non-hydrogen) atoms. The highest BCUT2D eigenvalue weighted by Gasteiger charge is 2.19. The quantitative estimate of drug-likeness (QED) is 0.280. The number of nitro benzene ring substituents is 1. The Kier molecular flexibility index (Phi) is 6.16. The van der Waals surface area contributed by atoms with Gasteiger partial charge in [0.2, 0.25) is 0 Å². The van der Waals surface area contributed by atoms with Gasteiger partial charge in [0.15, 0.2) is 5.78 Å². The molecule has 0 heterocycles. The smallest absolute Gasteiger partial charge is 0.269 e. The molecule has 0 aliphatic rings. The lowest BCUT2D eigenvalue weighted by molar-refractivity contribution is -0.384. The molecule has 0 spiro atoms. The number of hydrogen-bond donors (Lipinski definition) is 1. The molecule has 0 amide bonds. The van der Waals surface area contributed by atoms with Crippen LogP contribution in [0.1, 0.15) is 28.4 Å². The number of carbonyl (C=O) groups excluding carboxylic acids is 1. The molecule has 3 aromatic carbocycles. The third-order valence-electron chi connectivity index (χ3n) is 4.22. The van der Waals surface area contributed by atoms with E-state index in [0.29, 0.717) is 11.1 Å². The molecule has 3 rings (SSSR count). The van der Waals surface area contributed by atoms with Crippen molar-refractivity contribution in [1.29, 1.82) is 0 Å². The number of benzene rings is 3. The molecule has 0 fully saturated rings. The van der Waals surface area contributed by atoms with Gasteiger partial charge in [-0.15, -0.1) is 0 Å². The molecule has 0 saturated heterocycles. The Labute approximate surface area is 169 Å². The van der Waals surface area contributed by atoms with E-state index < -0.39 is 16.8 Å². The number of hydrogen-bond acceptors (Lipinski definition) is 4. The summed E-state index contributed by atoms with van der Waals surface area (Å²) in [6.45, 7) is 0. The van der Waals surface area contributed by atoms with Gasteiger partial charge >= 0.3 is 0 Å². The van der Waals surface area contributed by atoms with E-state index >= 15 is 0 Å². The number of carbonyl (C=O) groups is 1. The number of rotatable bonds is 7. The van der Waals surface area contributed by atoms with E-state index in [1.165, 1.54) is 36.4 Å². The fourth-order valence-corrected chi connectivity index (χ4v) is 3.06. The van der Waals surface area contributed by atoms with Crippen LogP contribution in [0.2, 0.25) is 0 Å². The van der Waals surface area contributed by atoms with Gasteiger partial charge in [0, 0.05) is 34.3 Å². The summed E-state index contributed by atoms with van der Waals surface area (Å²) in [5.74, 6) is -0.610. The largest absolute Gasteiger partial charge is 0.378 e. The predicted molar refractivity (Wildman–Crippen MR) is 109 cm³/mol. The van der Waals surface area contributed by atoms with Crippen LogP contribution < -0.4 is 5.32 Å². The molecule has 0 radical (unpaired) electrons. The summed E-state index contributed by atoms with van der Waals surface area (Å²) in [7, 11) is 0. The molecule has 1 N–H and O–H groups in total. The molecule has 1 unspecified atom stereocenters. The molecule has 0 saturated carbocycles. The number of nitrogens with one attached hydrogen (secondary N) is 1. The monoisotopic (exact) mass is 442 g/mol. The summed E-state index contributed by atoms with van der Waals surface area (Å²) in [4.78, 5) is 23.4. The van der Waals surface area contributed by atoms with Gasteiger partial charge in [0.25, 0.3) is 5.69 Å². The SMILES string of the molecule is O=C(CC(Nc1ccc(Br)cc1)c1cccc([N+](=O)[O-])c1)c1ccc(F)cc1. The summed E-state index contributed by atoms with van der Waals surface area (Å²) >= 11 is 3.37. The number of nitrogens with zero attached hydrogens (tertiary/aromatic N) is 1. The predicted octanol–water partition coefficient (Wildman–Crippen LogP) is 5.92. The van der Waals surface area contributed by atoms with Crippen LogP contribution in [0.4, 0.5) is 15.8 Å². The molecule has 0 aliphatic heterocycles. The van der Waals surface area contributed by atoms with Crippen LogP contribution >= 0.6 is 15.9 Å². The summed E-state index contributed by atoms with van der Waals surface area (Å²) in [5.41, 5.74) is 1.72. The maximum Gasteiger partial charge on any atom is 0.269 e. The third-order valence-corrected chi connectivity index (χ3v) is 4.75. The number of anilines is 1. The Morgan fingerprint density at radius 1 is 1.07 bits per heavy atom. The van der Waals surface area contributed by atoms with Gasteiger partial charge in [-0.25, -0.2) is 4.39 Å². The Hall–Kier alpha value is -3.06. The highest BCUT2D eigenvalue weighted by Crippen LogP contribution is 2.28. The lowest BCUT2D eigenvalue weighted by Crippen LogP contribution is -2.16. The maximum absolute atomic E-state index is 13.1. The van der Waals surface area contributed by atoms with E-state index in [-0.39, 0.29) is 17.9 Å². The molecular weight excluding hydrogens is 427 g/mol. The first kappa shape index (κ1) is 19.7. The van der Waals surface area contributed by atoms with Gasteiger partial charge in [-0.1, -0.05) is 28.1 Å². The Morgan fingerprint density at radius 3 is 2.39 bits per heavy atom. The van der Waals surface area contributed by atoms with E-state index in [1.54, 1.807) is 12.1 Å². The lowest BCUT2D eigenvalue weighted by Gasteiger charge is -2.20. The first-order valence-electron chi connectivity index (χ1n) is 8.47. The van der Waals surface area contributed by atoms with Crippen molar-refractivity contribution in [3.8, 4) is 0 Å². The third kappa shape index (κ3) is 5.01. The number of Topliss-reactive ketones (excluding diaryl/α,β-unsaturated/α-hetero) is 1. The Balaban J connectivity index is 1.90. The standard InChI is InChI=1S/C21H16BrFN2O3/c22-16-6-10-18(11-7-16)24-20(15-2-1-3-19(12-15)25(27)28)13-21(26)14-4-8-17(23)9-5-14/h1-12,20,24H,13H2. The van der Waals surface area contributed by atoms with Crippen LogP contribution in [-0.2, 0) is 0 Å². The second kappa shape index (κ2) is 8.75. The molecule has 0 bridgehead atoms. The van der Waals surface area contributed by atoms with Crippen molar-refractivity contribution < 1.29 is 14.1 Å². The normalized spacial score (nSPS) is 11.6. The minimum Gasteiger partial charge on any atom is -0.378 e. The number of halogens is 2. The lowest BCUT2D eigenvalue weighted by atomic mass is 9.97. The van der Waals surface area contributed by atoms with E-state index in [4.69, 9.17) is 0 Å². The Morgan fingerprint density at radius 2 is 1.75 bits per heavy atom. The van der Waals surface area contributed by atoms with E-state index in [1.807, 2.05) is 24.3 Å². The molecule has 0 aromatic heterocycles. The minimum absolute atomic E-state index is 0.0469. The number of non-ortho nitro benzene ring substituents is 1. The van der Waals surface area contributed by atoms with Crippen LogP contribution in [0, 0.1) is 15.9 Å². The van der Waals surface area contributed by atoms with Crippen LogP contribution in [0.5, 0.6) is 0 Å². The first-order chi connectivity index (χ1) is 13.4. The van der Waals surface area contributed by atoms with E-state index in [2.05, 4.69) is 21.2 Å². The highest BCUT2D eigenvalue weighted by molar-refractivity contribution is 9.10. The van der Waals surface area contributed by atoms with Gasteiger partial charge in [-0.2, -0.15) is 0 Å². The van der Waals surface area contributed by atoms with Crippen LogP contribution in [0.3, 0.4) is 0 Å². The molecule has 142 valence electrons. The van der Waals surface area contributed by atoms with Crippen molar-refractivity contribution in [1.82, 2.24) is 0 Å². The minimum atomic E-state index is -0.487. The van der Waals surface area contributed by atoms with Crippen molar-refractivity contribution in [3.63, 3.8) is 0 Å². The van der Waals surface area contributed by atoms with Crippen molar-refractivity contribution in [2.75, 3.05) is 5.32 Å². The van der Waals surface area contributed by atoms with Crippen LogP contribution in [-0.4, -0.2) is 10.7 Å². The zero-order chi connectivity index (χ0) is 20.1. The van der Waals surface area contributed by atoms with Crippen molar-refractivity contribution in [3.05, 3.63) is 104 Å². The first-order valence-corrected chi connectivity index (χ1v) is 9.27. The molecule has 7 heteroatoms. The van der Waals surface area contributed by atoms with Crippen molar-refractivity contribution >= 4 is 33.1 Å². The van der Waals surface area contributed by atoms with Crippen LogP contribution in [0.25, 0.3) is 0 Å². The average molecular weight is 443 g/mol. The van der Waals surface area contributed by atoms with E-state index in [9.17, 15) is 19.3 Å². The average Bonchev–Trinajstić information content (AvgIpc) is 2.69. The number of ketones is 1. The maximum atomic E-state index is 13.1. The Bertz CT molecular complexity index is 991. The topological polar surface area (TPSA) is 72.2 Å². The number of nitro groups is 1. The zero-order valence-corrected chi connectivity index (χ0v) is 16.2. The second-order valence-electron chi connectivity index (χ2n) is 6.19.